The molecule has 0 unspecified atom stereocenters. The number of nitrogens with zero attached hydrogens (tertiary/aromatic N) is 2. The molecule has 0 saturated carbocycles. The second kappa shape index (κ2) is 9.31. The van der Waals surface area contributed by atoms with Crippen LogP contribution >= 0.6 is 0 Å². The van der Waals surface area contributed by atoms with E-state index in [1.807, 2.05) is 35.2 Å². The van der Waals surface area contributed by atoms with Gasteiger partial charge in [-0.25, -0.2) is 0 Å². The van der Waals surface area contributed by atoms with Crippen molar-refractivity contribution in [2.75, 3.05) is 13.1 Å². The number of pyridine rings is 1. The Hall–Kier alpha value is -2.69. The predicted octanol–water partition coefficient (Wildman–Crippen LogP) is 3.28. The second-order valence-corrected chi connectivity index (χ2v) is 7.18. The smallest absolute Gasteiger partial charge is 0.255 e. The van der Waals surface area contributed by atoms with Gasteiger partial charge in [-0.15, -0.1) is 0 Å². The molecule has 1 aliphatic heterocycles. The third-order valence-corrected chi connectivity index (χ3v) is 5.39. The summed E-state index contributed by atoms with van der Waals surface area (Å²) in [5, 5.41) is 3.02. The molecule has 5 heteroatoms. The summed E-state index contributed by atoms with van der Waals surface area (Å²) in [5.41, 5.74) is 1.74. The first-order valence-corrected chi connectivity index (χ1v) is 9.67. The van der Waals surface area contributed by atoms with Gasteiger partial charge in [0.25, 0.3) is 5.91 Å². The van der Waals surface area contributed by atoms with Crippen LogP contribution in [-0.2, 0) is 11.3 Å². The van der Waals surface area contributed by atoms with Gasteiger partial charge in [-0.1, -0.05) is 43.7 Å². The molecule has 27 heavy (non-hydrogen) atoms. The van der Waals surface area contributed by atoms with Crippen molar-refractivity contribution in [2.45, 2.75) is 32.7 Å². The van der Waals surface area contributed by atoms with Crippen LogP contribution in [0.4, 0.5) is 0 Å². The standard InChI is InChI=1S/C22H27N3O2/c1-2-18-16-25(22(27)20-9-6-11-23-15-20)12-10-19(18)13-21(26)24-14-17-7-4-3-5-8-17/h3-9,11,15,18-19H,2,10,12-14,16H2,1H3,(H,24,26)/t18-,19-/m0/s1. The minimum atomic E-state index is 0.0357. The molecule has 1 aromatic carbocycles. The van der Waals surface area contributed by atoms with Crippen LogP contribution in [0.15, 0.2) is 54.9 Å². The molecule has 0 bridgehead atoms. The summed E-state index contributed by atoms with van der Waals surface area (Å²) >= 11 is 0. The van der Waals surface area contributed by atoms with Gasteiger partial charge in [-0.05, 0) is 36.0 Å². The number of benzene rings is 1. The first-order chi connectivity index (χ1) is 13.2. The molecule has 1 aliphatic rings. The van der Waals surface area contributed by atoms with E-state index in [0.29, 0.717) is 43.5 Å². The Bertz CT molecular complexity index is 749. The number of carbonyl (C=O) groups excluding carboxylic acids is 2. The average molecular weight is 365 g/mol. The fourth-order valence-electron chi connectivity index (χ4n) is 3.78. The van der Waals surface area contributed by atoms with E-state index in [9.17, 15) is 9.59 Å². The molecular weight excluding hydrogens is 338 g/mol. The predicted molar refractivity (Wildman–Crippen MR) is 105 cm³/mol. The van der Waals surface area contributed by atoms with Crippen LogP contribution in [-0.4, -0.2) is 34.8 Å². The lowest BCUT2D eigenvalue weighted by atomic mass is 9.81. The number of nitrogens with one attached hydrogen (secondary N) is 1. The Kier molecular flexibility index (Phi) is 6.58. The molecule has 0 aliphatic carbocycles. The summed E-state index contributed by atoms with van der Waals surface area (Å²) in [7, 11) is 0. The molecule has 1 saturated heterocycles. The highest BCUT2D eigenvalue weighted by molar-refractivity contribution is 5.94. The fourth-order valence-corrected chi connectivity index (χ4v) is 3.78. The Balaban J connectivity index is 1.52. The molecule has 142 valence electrons. The Labute approximate surface area is 160 Å². The van der Waals surface area contributed by atoms with Crippen molar-refractivity contribution in [1.82, 2.24) is 15.2 Å². The second-order valence-electron chi connectivity index (χ2n) is 7.18. The average Bonchev–Trinajstić information content (AvgIpc) is 2.73. The van der Waals surface area contributed by atoms with Crippen molar-refractivity contribution < 1.29 is 9.59 Å². The molecule has 1 aromatic heterocycles. The Morgan fingerprint density at radius 1 is 1.15 bits per heavy atom. The van der Waals surface area contributed by atoms with Crippen molar-refractivity contribution in [1.29, 1.82) is 0 Å². The summed E-state index contributed by atoms with van der Waals surface area (Å²) < 4.78 is 0. The van der Waals surface area contributed by atoms with E-state index in [4.69, 9.17) is 0 Å². The topological polar surface area (TPSA) is 62.3 Å². The largest absolute Gasteiger partial charge is 0.352 e. The maximum atomic E-state index is 12.7. The SMILES string of the molecule is CC[C@H]1CN(C(=O)c2cccnc2)CC[C@H]1CC(=O)NCc1ccccc1. The lowest BCUT2D eigenvalue weighted by molar-refractivity contribution is -0.123. The number of hydrogen-bond acceptors (Lipinski definition) is 3. The number of aromatic nitrogens is 1. The summed E-state index contributed by atoms with van der Waals surface area (Å²) in [6.45, 7) is 4.11. The number of amides is 2. The highest BCUT2D eigenvalue weighted by Crippen LogP contribution is 2.29. The normalized spacial score (nSPS) is 19.5. The first-order valence-electron chi connectivity index (χ1n) is 9.67. The van der Waals surface area contributed by atoms with Crippen molar-refractivity contribution in [3.63, 3.8) is 0 Å². The van der Waals surface area contributed by atoms with Crippen LogP contribution in [0.1, 0.15) is 42.1 Å². The van der Waals surface area contributed by atoms with Crippen molar-refractivity contribution >= 4 is 11.8 Å². The number of piperidine rings is 1. The Morgan fingerprint density at radius 3 is 2.67 bits per heavy atom. The molecule has 2 aromatic rings. The molecule has 3 rings (SSSR count). The highest BCUT2D eigenvalue weighted by Gasteiger charge is 2.32. The number of hydrogen-bond donors (Lipinski definition) is 1. The molecule has 2 amide bonds. The molecule has 2 heterocycles. The van der Waals surface area contributed by atoms with E-state index in [1.165, 1.54) is 0 Å². The number of rotatable bonds is 6. The van der Waals surface area contributed by atoms with Crippen LogP contribution < -0.4 is 5.32 Å². The third kappa shape index (κ3) is 5.16. The molecule has 0 radical (unpaired) electrons. The van der Waals surface area contributed by atoms with Gasteiger partial charge >= 0.3 is 0 Å². The summed E-state index contributed by atoms with van der Waals surface area (Å²) in [5.74, 6) is 0.799. The van der Waals surface area contributed by atoms with Crippen LogP contribution in [0, 0.1) is 11.8 Å². The van der Waals surface area contributed by atoms with E-state index in [2.05, 4.69) is 17.2 Å². The van der Waals surface area contributed by atoms with Gasteiger partial charge in [0.1, 0.15) is 0 Å². The molecule has 0 spiro atoms. The first kappa shape index (κ1) is 19.1. The fraction of sp³-hybridized carbons (Fsp3) is 0.409. The molecule has 5 nitrogen and oxygen atoms in total. The van der Waals surface area contributed by atoms with Gasteiger partial charge in [0, 0.05) is 38.4 Å². The van der Waals surface area contributed by atoms with Gasteiger partial charge in [0.15, 0.2) is 0 Å². The van der Waals surface area contributed by atoms with E-state index in [1.54, 1.807) is 24.5 Å². The maximum Gasteiger partial charge on any atom is 0.255 e. The molecule has 2 atom stereocenters. The van der Waals surface area contributed by atoms with E-state index in [0.717, 1.165) is 18.4 Å². The highest BCUT2D eigenvalue weighted by atomic mass is 16.2. The zero-order chi connectivity index (χ0) is 19.1. The molecule has 1 fully saturated rings. The lowest BCUT2D eigenvalue weighted by Gasteiger charge is -2.38. The van der Waals surface area contributed by atoms with Crippen LogP contribution in [0.3, 0.4) is 0 Å². The molecular formula is C22H27N3O2. The van der Waals surface area contributed by atoms with E-state index in [-0.39, 0.29) is 11.8 Å². The van der Waals surface area contributed by atoms with Gasteiger partial charge in [0.2, 0.25) is 5.91 Å². The van der Waals surface area contributed by atoms with Gasteiger partial charge in [-0.2, -0.15) is 0 Å². The summed E-state index contributed by atoms with van der Waals surface area (Å²) in [6, 6.07) is 13.5. The van der Waals surface area contributed by atoms with Crippen LogP contribution in [0.25, 0.3) is 0 Å². The van der Waals surface area contributed by atoms with Crippen molar-refractivity contribution in [2.24, 2.45) is 11.8 Å². The van der Waals surface area contributed by atoms with Gasteiger partial charge < -0.3 is 10.2 Å². The number of carbonyl (C=O) groups is 2. The monoisotopic (exact) mass is 365 g/mol. The third-order valence-electron chi connectivity index (χ3n) is 5.39. The van der Waals surface area contributed by atoms with E-state index < -0.39 is 0 Å². The van der Waals surface area contributed by atoms with Gasteiger partial charge in [-0.3, -0.25) is 14.6 Å². The lowest BCUT2D eigenvalue weighted by Crippen LogP contribution is -2.44. The number of likely N-dealkylation sites (tertiary alicyclic amines) is 1. The Morgan fingerprint density at radius 2 is 1.96 bits per heavy atom. The van der Waals surface area contributed by atoms with E-state index >= 15 is 0 Å². The van der Waals surface area contributed by atoms with Crippen molar-refractivity contribution in [3.05, 3.63) is 66.0 Å². The summed E-state index contributed by atoms with van der Waals surface area (Å²) in [4.78, 5) is 31.0. The van der Waals surface area contributed by atoms with Crippen LogP contribution in [0.2, 0.25) is 0 Å². The zero-order valence-corrected chi connectivity index (χ0v) is 15.8. The zero-order valence-electron chi connectivity index (χ0n) is 15.8. The minimum Gasteiger partial charge on any atom is -0.352 e. The maximum absolute atomic E-state index is 12.7. The molecule has 1 N–H and O–H groups in total. The quantitative estimate of drug-likeness (QED) is 0.854. The minimum absolute atomic E-state index is 0.0357. The summed E-state index contributed by atoms with van der Waals surface area (Å²) in [6.07, 6.45) is 5.65. The van der Waals surface area contributed by atoms with Gasteiger partial charge in [0.05, 0.1) is 5.56 Å². The van der Waals surface area contributed by atoms with Crippen LogP contribution in [0.5, 0.6) is 0 Å². The van der Waals surface area contributed by atoms with Crippen molar-refractivity contribution in [3.8, 4) is 0 Å².